The lowest BCUT2D eigenvalue weighted by atomic mass is 9.83. The summed E-state index contributed by atoms with van der Waals surface area (Å²) >= 11 is 3.21. The Balaban J connectivity index is 2.03. The number of fused-ring (bicyclic) bond motifs is 5. The first-order chi connectivity index (χ1) is 15.6. The van der Waals surface area contributed by atoms with Gasteiger partial charge in [0, 0.05) is 15.4 Å². The van der Waals surface area contributed by atoms with Gasteiger partial charge in [0.25, 0.3) is 0 Å². The molecule has 1 aromatic heterocycles. The summed E-state index contributed by atoms with van der Waals surface area (Å²) in [5.41, 5.74) is 5.75. The van der Waals surface area contributed by atoms with E-state index in [4.69, 9.17) is 9.47 Å². The lowest BCUT2D eigenvalue weighted by Gasteiger charge is -2.20. The number of rotatable bonds is 3. The lowest BCUT2D eigenvalue weighted by Crippen LogP contribution is -2.15. The van der Waals surface area contributed by atoms with Crippen molar-refractivity contribution in [2.45, 2.75) is 9.79 Å². The van der Waals surface area contributed by atoms with E-state index in [1.165, 1.54) is 25.6 Å². The summed E-state index contributed by atoms with van der Waals surface area (Å²) in [6.45, 7) is 0. The maximum Gasteiger partial charge on any atom is 0.339 e. The molecule has 0 atom stereocenters. The third kappa shape index (κ3) is 3.23. The van der Waals surface area contributed by atoms with Crippen molar-refractivity contribution < 1.29 is 19.1 Å². The van der Waals surface area contributed by atoms with Crippen LogP contribution in [0.15, 0.2) is 81.2 Å². The zero-order chi connectivity index (χ0) is 22.2. The van der Waals surface area contributed by atoms with E-state index in [9.17, 15) is 9.59 Å². The topological polar surface area (TPSA) is 52.6 Å². The number of hydrogen-bond acceptors (Lipinski definition) is 6. The van der Waals surface area contributed by atoms with Gasteiger partial charge in [-0.05, 0) is 62.8 Å². The molecule has 1 aliphatic rings. The first kappa shape index (κ1) is 20.5. The first-order valence-corrected chi connectivity index (χ1v) is 11.7. The van der Waals surface area contributed by atoms with Crippen molar-refractivity contribution in [3.63, 3.8) is 0 Å². The second-order valence-electron chi connectivity index (χ2n) is 7.19. The number of methoxy groups -OCH3 is 2. The van der Waals surface area contributed by atoms with Crippen LogP contribution >= 0.6 is 23.1 Å². The van der Waals surface area contributed by atoms with Crippen LogP contribution in [0.3, 0.4) is 0 Å². The fourth-order valence-corrected chi connectivity index (χ4v) is 5.86. The minimum atomic E-state index is -0.577. The van der Waals surface area contributed by atoms with Crippen molar-refractivity contribution in [1.29, 1.82) is 0 Å². The van der Waals surface area contributed by atoms with Gasteiger partial charge in [0.15, 0.2) is 0 Å². The number of carbonyl (C=O) groups excluding carboxylic acids is 2. The molecule has 0 saturated heterocycles. The Kier molecular flexibility index (Phi) is 5.33. The van der Waals surface area contributed by atoms with Crippen LogP contribution in [0.1, 0.15) is 20.7 Å². The summed E-state index contributed by atoms with van der Waals surface area (Å²) in [6, 6.07) is 20.0. The van der Waals surface area contributed by atoms with Gasteiger partial charge >= 0.3 is 11.9 Å². The zero-order valence-electron chi connectivity index (χ0n) is 17.4. The molecule has 5 rings (SSSR count). The Morgan fingerprint density at radius 3 is 2.06 bits per heavy atom. The van der Waals surface area contributed by atoms with Gasteiger partial charge in [-0.25, -0.2) is 9.59 Å². The number of hydrogen-bond donors (Lipinski definition) is 0. The fraction of sp³-hybridized carbons (Fsp3) is 0.0769. The highest BCUT2D eigenvalue weighted by Crippen LogP contribution is 2.52. The minimum Gasteiger partial charge on any atom is -0.465 e. The zero-order valence-corrected chi connectivity index (χ0v) is 19.0. The number of carbonyl (C=O) groups is 2. The van der Waals surface area contributed by atoms with E-state index in [0.717, 1.165) is 37.6 Å². The summed E-state index contributed by atoms with van der Waals surface area (Å²) in [6.07, 6.45) is 0. The van der Waals surface area contributed by atoms with E-state index in [1.807, 2.05) is 47.2 Å². The SMILES string of the molecule is COC(=O)c1cc2c(c(-c3ccsc3)c1C(=O)OC)-c1ccccc1Sc1ccccc1-2. The highest BCUT2D eigenvalue weighted by Gasteiger charge is 2.32. The van der Waals surface area contributed by atoms with Gasteiger partial charge < -0.3 is 9.47 Å². The molecule has 32 heavy (non-hydrogen) atoms. The maximum atomic E-state index is 13.1. The monoisotopic (exact) mass is 458 g/mol. The van der Waals surface area contributed by atoms with E-state index in [1.54, 1.807) is 17.8 Å². The molecule has 2 heterocycles. The van der Waals surface area contributed by atoms with Gasteiger partial charge in [0.05, 0.1) is 25.3 Å². The molecule has 6 heteroatoms. The van der Waals surface area contributed by atoms with Crippen LogP contribution in [0, 0.1) is 0 Å². The van der Waals surface area contributed by atoms with Crippen LogP contribution in [-0.4, -0.2) is 26.2 Å². The van der Waals surface area contributed by atoms with Gasteiger partial charge in [-0.1, -0.05) is 48.2 Å². The second-order valence-corrected chi connectivity index (χ2v) is 9.05. The van der Waals surface area contributed by atoms with Crippen molar-refractivity contribution >= 4 is 35.0 Å². The highest BCUT2D eigenvalue weighted by molar-refractivity contribution is 7.99. The summed E-state index contributed by atoms with van der Waals surface area (Å²) in [5, 5.41) is 3.94. The van der Waals surface area contributed by atoms with Crippen LogP contribution < -0.4 is 0 Å². The molecule has 0 unspecified atom stereocenters. The predicted molar refractivity (Wildman–Crippen MR) is 127 cm³/mol. The standard InChI is InChI=1S/C26H18O4S2/c1-29-25(27)19-13-18-16-7-3-5-9-20(16)32-21-10-6-4-8-17(21)23(18)22(15-11-12-31-14-15)24(19)26(28)30-2/h3-14H,1-2H3. The largest absolute Gasteiger partial charge is 0.465 e. The molecule has 0 amide bonds. The van der Waals surface area contributed by atoms with Crippen molar-refractivity contribution in [2.24, 2.45) is 0 Å². The van der Waals surface area contributed by atoms with Gasteiger partial charge in [0.1, 0.15) is 0 Å². The van der Waals surface area contributed by atoms with E-state index in [-0.39, 0.29) is 11.1 Å². The van der Waals surface area contributed by atoms with Crippen molar-refractivity contribution in [3.8, 4) is 33.4 Å². The predicted octanol–water partition coefficient (Wildman–Crippen LogP) is 6.79. The number of benzene rings is 3. The molecule has 158 valence electrons. The number of esters is 2. The molecule has 0 spiro atoms. The quantitative estimate of drug-likeness (QED) is 0.279. The van der Waals surface area contributed by atoms with Crippen LogP contribution in [-0.2, 0) is 9.47 Å². The fourth-order valence-electron chi connectivity index (χ4n) is 4.11. The maximum absolute atomic E-state index is 13.1. The van der Waals surface area contributed by atoms with Crippen molar-refractivity contribution in [1.82, 2.24) is 0 Å². The summed E-state index contributed by atoms with van der Waals surface area (Å²) in [5.74, 6) is -1.15. The Morgan fingerprint density at radius 1 is 0.750 bits per heavy atom. The first-order valence-electron chi connectivity index (χ1n) is 9.91. The minimum absolute atomic E-state index is 0.193. The molecule has 1 aliphatic heterocycles. The molecule has 4 nitrogen and oxygen atoms in total. The Labute approximate surface area is 193 Å². The number of ether oxygens (including phenoxy) is 2. The Bertz CT molecular complexity index is 1360. The molecular weight excluding hydrogens is 440 g/mol. The average Bonchev–Trinajstić information content (AvgIpc) is 3.32. The smallest absolute Gasteiger partial charge is 0.339 e. The summed E-state index contributed by atoms with van der Waals surface area (Å²) in [7, 11) is 2.64. The van der Waals surface area contributed by atoms with Crippen LogP contribution in [0.5, 0.6) is 0 Å². The van der Waals surface area contributed by atoms with Crippen LogP contribution in [0.4, 0.5) is 0 Å². The van der Waals surface area contributed by atoms with E-state index < -0.39 is 11.9 Å². The Hall–Kier alpha value is -3.35. The van der Waals surface area contributed by atoms with Gasteiger partial charge in [0.2, 0.25) is 0 Å². The molecule has 0 radical (unpaired) electrons. The van der Waals surface area contributed by atoms with E-state index in [2.05, 4.69) is 18.2 Å². The van der Waals surface area contributed by atoms with Crippen molar-refractivity contribution in [3.05, 3.63) is 82.6 Å². The second kappa shape index (κ2) is 8.30. The number of thiophene rings is 1. The molecule has 0 bridgehead atoms. The van der Waals surface area contributed by atoms with Gasteiger partial charge in [-0.3, -0.25) is 0 Å². The molecule has 3 aromatic carbocycles. The molecule has 0 N–H and O–H groups in total. The van der Waals surface area contributed by atoms with Gasteiger partial charge in [-0.15, -0.1) is 0 Å². The van der Waals surface area contributed by atoms with Crippen molar-refractivity contribution in [2.75, 3.05) is 14.2 Å². The average molecular weight is 459 g/mol. The summed E-state index contributed by atoms with van der Waals surface area (Å²) in [4.78, 5) is 28.1. The molecule has 0 aliphatic carbocycles. The highest BCUT2D eigenvalue weighted by atomic mass is 32.2. The normalized spacial score (nSPS) is 11.6. The van der Waals surface area contributed by atoms with E-state index >= 15 is 0 Å². The molecule has 4 aromatic rings. The third-order valence-corrected chi connectivity index (χ3v) is 7.32. The van der Waals surface area contributed by atoms with Crippen LogP contribution in [0.25, 0.3) is 33.4 Å². The van der Waals surface area contributed by atoms with Gasteiger partial charge in [-0.2, -0.15) is 11.3 Å². The third-order valence-electron chi connectivity index (χ3n) is 5.49. The molecule has 0 fully saturated rings. The summed E-state index contributed by atoms with van der Waals surface area (Å²) < 4.78 is 10.2. The van der Waals surface area contributed by atoms with E-state index in [0.29, 0.717) is 5.56 Å². The van der Waals surface area contributed by atoms with Crippen LogP contribution in [0.2, 0.25) is 0 Å². The Morgan fingerprint density at radius 2 is 1.41 bits per heavy atom. The molecule has 0 saturated carbocycles. The molecular formula is C26H18O4S2. The lowest BCUT2D eigenvalue weighted by molar-refractivity contribution is 0.0556.